The Morgan fingerprint density at radius 1 is 1.23 bits per heavy atom. The Bertz CT molecular complexity index is 1240. The molecule has 2 heterocycles. The van der Waals surface area contributed by atoms with E-state index in [9.17, 15) is 9.90 Å². The predicted molar refractivity (Wildman–Crippen MR) is 118 cm³/mol. The van der Waals surface area contributed by atoms with Crippen LogP contribution in [-0.4, -0.2) is 31.9 Å². The van der Waals surface area contributed by atoms with E-state index in [1.807, 2.05) is 54.9 Å². The van der Waals surface area contributed by atoms with Gasteiger partial charge in [-0.3, -0.25) is 4.79 Å². The number of fused-ring (bicyclic) bond motifs is 1. The molecule has 0 spiro atoms. The Morgan fingerprint density at radius 3 is 2.74 bits per heavy atom. The molecule has 2 aromatic heterocycles. The van der Waals surface area contributed by atoms with Crippen LogP contribution in [0.15, 0.2) is 53.2 Å². The number of carboxylic acid groups (broad SMARTS) is 1. The molecule has 2 aromatic carbocycles. The van der Waals surface area contributed by atoms with Crippen molar-refractivity contribution in [3.8, 4) is 28.6 Å². The lowest BCUT2D eigenvalue weighted by atomic mass is 10.1. The molecule has 7 nitrogen and oxygen atoms in total. The van der Waals surface area contributed by atoms with Gasteiger partial charge in [0, 0.05) is 34.8 Å². The highest BCUT2D eigenvalue weighted by Gasteiger charge is 2.18. The van der Waals surface area contributed by atoms with E-state index in [4.69, 9.17) is 20.9 Å². The van der Waals surface area contributed by atoms with Crippen molar-refractivity contribution in [2.75, 3.05) is 0 Å². The minimum absolute atomic E-state index is 0.0198. The molecule has 0 radical (unpaired) electrons. The Morgan fingerprint density at radius 2 is 2.03 bits per heavy atom. The number of aromatic nitrogens is 3. The van der Waals surface area contributed by atoms with E-state index in [0.29, 0.717) is 29.0 Å². The summed E-state index contributed by atoms with van der Waals surface area (Å²) in [7, 11) is 0. The maximum atomic E-state index is 11.2. The second-order valence-corrected chi connectivity index (χ2v) is 8.09. The molecule has 31 heavy (non-hydrogen) atoms. The van der Waals surface area contributed by atoms with Crippen LogP contribution in [0.5, 0.6) is 5.75 Å². The summed E-state index contributed by atoms with van der Waals surface area (Å²) in [6, 6.07) is 13.0. The first-order valence-electron chi connectivity index (χ1n) is 9.95. The van der Waals surface area contributed by atoms with Crippen molar-refractivity contribution >= 4 is 28.5 Å². The third-order valence-corrected chi connectivity index (χ3v) is 5.21. The van der Waals surface area contributed by atoms with Gasteiger partial charge in [0.25, 0.3) is 5.89 Å². The summed E-state index contributed by atoms with van der Waals surface area (Å²) >= 11 is 6.34. The van der Waals surface area contributed by atoms with Gasteiger partial charge in [-0.15, -0.1) is 0 Å². The van der Waals surface area contributed by atoms with Crippen LogP contribution in [0.4, 0.5) is 0 Å². The molecule has 0 amide bonds. The first kappa shape index (κ1) is 20.9. The molecule has 0 saturated carbocycles. The number of ether oxygens (including phenoxy) is 1. The SMILES string of the molecule is CC(C)Oc1ccc(-c2noc(-c3cccc4c3ccn4CC(C)C(=O)O)n2)cc1Cl. The van der Waals surface area contributed by atoms with Gasteiger partial charge in [0.2, 0.25) is 5.82 Å². The highest BCUT2D eigenvalue weighted by atomic mass is 35.5. The van der Waals surface area contributed by atoms with Crippen molar-refractivity contribution < 1.29 is 19.2 Å². The van der Waals surface area contributed by atoms with Crippen molar-refractivity contribution in [3.63, 3.8) is 0 Å². The van der Waals surface area contributed by atoms with Gasteiger partial charge >= 0.3 is 5.97 Å². The topological polar surface area (TPSA) is 90.4 Å². The van der Waals surface area contributed by atoms with Crippen molar-refractivity contribution in [1.82, 2.24) is 14.7 Å². The van der Waals surface area contributed by atoms with E-state index in [1.165, 1.54) is 0 Å². The number of rotatable bonds is 7. The summed E-state index contributed by atoms with van der Waals surface area (Å²) in [4.78, 5) is 15.8. The molecule has 0 aliphatic carbocycles. The normalized spacial score (nSPS) is 12.4. The van der Waals surface area contributed by atoms with E-state index < -0.39 is 11.9 Å². The zero-order chi connectivity index (χ0) is 22.1. The fraction of sp³-hybridized carbons (Fsp3) is 0.261. The molecule has 8 heteroatoms. The lowest BCUT2D eigenvalue weighted by molar-refractivity contribution is -0.141. The number of nitrogens with zero attached hydrogens (tertiary/aromatic N) is 3. The molecule has 1 atom stereocenters. The van der Waals surface area contributed by atoms with Crippen molar-refractivity contribution in [1.29, 1.82) is 0 Å². The van der Waals surface area contributed by atoms with Crippen LogP contribution in [0.3, 0.4) is 0 Å². The lowest BCUT2D eigenvalue weighted by Crippen LogP contribution is -2.16. The maximum Gasteiger partial charge on any atom is 0.308 e. The fourth-order valence-electron chi connectivity index (χ4n) is 3.38. The van der Waals surface area contributed by atoms with Crippen LogP contribution in [0.1, 0.15) is 20.8 Å². The van der Waals surface area contributed by atoms with Gasteiger partial charge in [-0.2, -0.15) is 4.98 Å². The number of halogens is 1. The van der Waals surface area contributed by atoms with Gasteiger partial charge in [-0.25, -0.2) is 0 Å². The van der Waals surface area contributed by atoms with Crippen molar-refractivity contribution in [3.05, 3.63) is 53.7 Å². The number of carbonyl (C=O) groups is 1. The van der Waals surface area contributed by atoms with Crippen LogP contribution in [0.2, 0.25) is 5.02 Å². The van der Waals surface area contributed by atoms with E-state index in [-0.39, 0.29) is 6.10 Å². The molecular weight excluding hydrogens is 418 g/mol. The summed E-state index contributed by atoms with van der Waals surface area (Å²) in [6.45, 7) is 5.93. The van der Waals surface area contributed by atoms with E-state index in [0.717, 1.165) is 22.0 Å². The van der Waals surface area contributed by atoms with Gasteiger partial charge in [0.15, 0.2) is 0 Å². The molecule has 160 valence electrons. The second-order valence-electron chi connectivity index (χ2n) is 7.68. The van der Waals surface area contributed by atoms with Crippen LogP contribution in [0.25, 0.3) is 33.7 Å². The summed E-state index contributed by atoms with van der Waals surface area (Å²) in [5.41, 5.74) is 2.41. The quantitative estimate of drug-likeness (QED) is 0.407. The summed E-state index contributed by atoms with van der Waals surface area (Å²) < 4.78 is 13.1. The van der Waals surface area contributed by atoms with Crippen LogP contribution in [0, 0.1) is 5.92 Å². The van der Waals surface area contributed by atoms with Gasteiger partial charge < -0.3 is 18.9 Å². The van der Waals surface area contributed by atoms with Crippen molar-refractivity contribution in [2.45, 2.75) is 33.4 Å². The minimum atomic E-state index is -0.831. The molecule has 4 rings (SSSR count). The molecule has 1 N–H and O–H groups in total. The summed E-state index contributed by atoms with van der Waals surface area (Å²) in [5, 5.41) is 14.7. The van der Waals surface area contributed by atoms with E-state index in [2.05, 4.69) is 10.1 Å². The molecule has 0 aliphatic heterocycles. The average Bonchev–Trinajstić information content (AvgIpc) is 3.37. The third-order valence-electron chi connectivity index (χ3n) is 4.91. The highest BCUT2D eigenvalue weighted by Crippen LogP contribution is 2.33. The first-order valence-corrected chi connectivity index (χ1v) is 10.3. The predicted octanol–water partition coefficient (Wildman–Crippen LogP) is 5.52. The zero-order valence-electron chi connectivity index (χ0n) is 17.4. The van der Waals surface area contributed by atoms with Crippen molar-refractivity contribution in [2.24, 2.45) is 5.92 Å². The summed E-state index contributed by atoms with van der Waals surface area (Å²) in [5.74, 6) is 0.0720. The third kappa shape index (κ3) is 4.27. The minimum Gasteiger partial charge on any atom is -0.489 e. The van der Waals surface area contributed by atoms with Gasteiger partial charge in [-0.1, -0.05) is 29.7 Å². The van der Waals surface area contributed by atoms with Gasteiger partial charge in [-0.05, 0) is 50.2 Å². The Labute approximate surface area is 184 Å². The smallest absolute Gasteiger partial charge is 0.308 e. The van der Waals surface area contributed by atoms with E-state index in [1.54, 1.807) is 19.1 Å². The molecule has 0 saturated heterocycles. The Kier molecular flexibility index (Phi) is 5.69. The average molecular weight is 440 g/mol. The maximum absolute atomic E-state index is 11.2. The van der Waals surface area contributed by atoms with Crippen LogP contribution in [-0.2, 0) is 11.3 Å². The Hall–Kier alpha value is -3.32. The summed E-state index contributed by atoms with van der Waals surface area (Å²) in [6.07, 6.45) is 1.89. The molecule has 0 aliphatic rings. The number of hydrogen-bond acceptors (Lipinski definition) is 5. The Balaban J connectivity index is 1.66. The number of hydrogen-bond donors (Lipinski definition) is 1. The standard InChI is InChI=1S/C23H22ClN3O4/c1-13(2)30-20-8-7-15(11-18(20)24)21-25-22(31-26-21)17-5-4-6-19-16(17)9-10-27(19)12-14(3)23(28)29/h4-11,13-14H,12H2,1-3H3,(H,28,29). The first-order chi connectivity index (χ1) is 14.8. The molecule has 1 unspecified atom stereocenters. The number of aliphatic carboxylic acids is 1. The largest absolute Gasteiger partial charge is 0.489 e. The molecule has 0 bridgehead atoms. The molecular formula is C23H22ClN3O4. The number of carboxylic acids is 1. The molecule has 0 fully saturated rings. The fourth-order valence-corrected chi connectivity index (χ4v) is 3.61. The zero-order valence-corrected chi connectivity index (χ0v) is 18.1. The van der Waals surface area contributed by atoms with Crippen LogP contribution < -0.4 is 4.74 Å². The monoisotopic (exact) mass is 439 g/mol. The number of benzene rings is 2. The lowest BCUT2D eigenvalue weighted by Gasteiger charge is -2.11. The second kappa shape index (κ2) is 8.43. The van der Waals surface area contributed by atoms with Crippen LogP contribution >= 0.6 is 11.6 Å². The van der Waals surface area contributed by atoms with Gasteiger partial charge in [0.1, 0.15) is 5.75 Å². The molecule has 4 aromatic rings. The van der Waals surface area contributed by atoms with E-state index >= 15 is 0 Å². The van der Waals surface area contributed by atoms with Gasteiger partial charge in [0.05, 0.1) is 17.0 Å². The highest BCUT2D eigenvalue weighted by molar-refractivity contribution is 6.32.